The van der Waals surface area contributed by atoms with Gasteiger partial charge in [-0.1, -0.05) is 28.7 Å². The molecular weight excluding hydrogens is 215 g/mol. The summed E-state index contributed by atoms with van der Waals surface area (Å²) in [7, 11) is 0. The Labute approximate surface area is 64.2 Å². The number of rotatable bonds is 4. The summed E-state index contributed by atoms with van der Waals surface area (Å²) < 4.78 is 6.21. The van der Waals surface area contributed by atoms with Gasteiger partial charge in [0.1, 0.15) is 0 Å². The van der Waals surface area contributed by atoms with Crippen molar-refractivity contribution in [3.05, 3.63) is 12.7 Å². The van der Waals surface area contributed by atoms with Gasteiger partial charge in [0, 0.05) is 11.0 Å². The summed E-state index contributed by atoms with van der Waals surface area (Å²) in [6.45, 7) is 6.39. The van der Waals surface area contributed by atoms with Crippen LogP contribution in [0.25, 0.3) is 0 Å². The maximum Gasteiger partial charge on any atom is 0.0842 e. The van der Waals surface area contributed by atoms with Crippen LogP contribution in [-0.2, 0) is 4.74 Å². The zero-order valence-electron chi connectivity index (χ0n) is 5.06. The maximum absolute atomic E-state index is 5.21. The van der Waals surface area contributed by atoms with Crippen molar-refractivity contribution in [1.82, 2.24) is 0 Å². The standard InChI is InChI=1S/C6H11IO/c1-3-6(5-7)8-4-2/h3,6H,1,4-5H2,2H3. The van der Waals surface area contributed by atoms with Crippen LogP contribution in [0.15, 0.2) is 12.7 Å². The highest BCUT2D eigenvalue weighted by Crippen LogP contribution is 1.97. The van der Waals surface area contributed by atoms with Crippen molar-refractivity contribution in [2.75, 3.05) is 11.0 Å². The van der Waals surface area contributed by atoms with E-state index in [2.05, 4.69) is 29.2 Å². The van der Waals surface area contributed by atoms with Crippen LogP contribution in [0.2, 0.25) is 0 Å². The molecule has 1 nitrogen and oxygen atoms in total. The second-order valence-electron chi connectivity index (χ2n) is 1.38. The molecule has 0 heterocycles. The number of ether oxygens (including phenoxy) is 1. The fraction of sp³-hybridized carbons (Fsp3) is 0.667. The SMILES string of the molecule is C=CC(CI)OCC. The predicted octanol–water partition coefficient (Wildman–Crippen LogP) is 2.01. The fourth-order valence-electron chi connectivity index (χ4n) is 0.390. The zero-order chi connectivity index (χ0) is 6.41. The minimum atomic E-state index is 0.251. The summed E-state index contributed by atoms with van der Waals surface area (Å²) >= 11 is 2.28. The minimum absolute atomic E-state index is 0.251. The third-order valence-corrected chi connectivity index (χ3v) is 1.66. The molecule has 2 heteroatoms. The second-order valence-corrected chi connectivity index (χ2v) is 2.26. The molecule has 0 rings (SSSR count). The molecule has 48 valence electrons. The highest BCUT2D eigenvalue weighted by atomic mass is 127. The summed E-state index contributed by atoms with van der Waals surface area (Å²) in [5.41, 5.74) is 0. The molecule has 0 aliphatic carbocycles. The van der Waals surface area contributed by atoms with Crippen LogP contribution in [-0.4, -0.2) is 17.1 Å². The number of halogens is 1. The van der Waals surface area contributed by atoms with Crippen LogP contribution in [0, 0.1) is 0 Å². The largest absolute Gasteiger partial charge is 0.374 e. The van der Waals surface area contributed by atoms with Crippen molar-refractivity contribution in [3.63, 3.8) is 0 Å². The van der Waals surface area contributed by atoms with Crippen molar-refractivity contribution in [2.24, 2.45) is 0 Å². The molecule has 0 bridgehead atoms. The topological polar surface area (TPSA) is 9.23 Å². The van der Waals surface area contributed by atoms with E-state index < -0.39 is 0 Å². The van der Waals surface area contributed by atoms with Gasteiger partial charge in [-0.05, 0) is 6.92 Å². The Morgan fingerprint density at radius 1 is 1.88 bits per heavy atom. The summed E-state index contributed by atoms with van der Waals surface area (Å²) in [6, 6.07) is 0. The van der Waals surface area contributed by atoms with Gasteiger partial charge in [0.2, 0.25) is 0 Å². The molecule has 0 spiro atoms. The first kappa shape index (κ1) is 8.43. The smallest absolute Gasteiger partial charge is 0.0842 e. The third-order valence-electron chi connectivity index (χ3n) is 0.796. The lowest BCUT2D eigenvalue weighted by molar-refractivity contribution is 0.115. The van der Waals surface area contributed by atoms with Crippen molar-refractivity contribution in [3.8, 4) is 0 Å². The van der Waals surface area contributed by atoms with Crippen molar-refractivity contribution in [1.29, 1.82) is 0 Å². The van der Waals surface area contributed by atoms with E-state index in [0.717, 1.165) is 11.0 Å². The van der Waals surface area contributed by atoms with Crippen molar-refractivity contribution < 1.29 is 4.74 Å². The monoisotopic (exact) mass is 226 g/mol. The second kappa shape index (κ2) is 5.56. The van der Waals surface area contributed by atoms with Crippen LogP contribution >= 0.6 is 22.6 Å². The van der Waals surface area contributed by atoms with Crippen LogP contribution < -0.4 is 0 Å². The molecule has 0 radical (unpaired) electrons. The van der Waals surface area contributed by atoms with Gasteiger partial charge >= 0.3 is 0 Å². The zero-order valence-corrected chi connectivity index (χ0v) is 7.22. The van der Waals surface area contributed by atoms with E-state index in [1.807, 2.05) is 13.0 Å². The fourth-order valence-corrected chi connectivity index (χ4v) is 1.00. The summed E-state index contributed by atoms with van der Waals surface area (Å²) in [6.07, 6.45) is 2.08. The lowest BCUT2D eigenvalue weighted by Gasteiger charge is -2.06. The van der Waals surface area contributed by atoms with Crippen molar-refractivity contribution >= 4 is 22.6 Å². The Morgan fingerprint density at radius 2 is 2.50 bits per heavy atom. The van der Waals surface area contributed by atoms with Crippen LogP contribution in [0.4, 0.5) is 0 Å². The molecule has 1 unspecified atom stereocenters. The van der Waals surface area contributed by atoms with Gasteiger partial charge in [-0.15, -0.1) is 6.58 Å². The molecule has 0 aromatic carbocycles. The van der Waals surface area contributed by atoms with Crippen LogP contribution in [0.3, 0.4) is 0 Å². The molecule has 0 saturated heterocycles. The number of alkyl halides is 1. The van der Waals surface area contributed by atoms with Gasteiger partial charge < -0.3 is 4.74 Å². The van der Waals surface area contributed by atoms with Crippen LogP contribution in [0.5, 0.6) is 0 Å². The number of hydrogen-bond donors (Lipinski definition) is 0. The Hall–Kier alpha value is 0.430. The summed E-state index contributed by atoms with van der Waals surface area (Å²) in [5.74, 6) is 0. The van der Waals surface area contributed by atoms with E-state index in [0.29, 0.717) is 0 Å². The molecule has 0 aliphatic heterocycles. The lowest BCUT2D eigenvalue weighted by Crippen LogP contribution is -2.09. The maximum atomic E-state index is 5.21. The summed E-state index contributed by atoms with van der Waals surface area (Å²) in [5, 5.41) is 0. The van der Waals surface area contributed by atoms with E-state index in [1.54, 1.807) is 0 Å². The summed E-state index contributed by atoms with van der Waals surface area (Å²) in [4.78, 5) is 0. The first-order chi connectivity index (χ1) is 3.85. The molecule has 0 aromatic rings. The normalized spacial score (nSPS) is 13.2. The first-order valence-electron chi connectivity index (χ1n) is 2.65. The van der Waals surface area contributed by atoms with Gasteiger partial charge in [-0.25, -0.2) is 0 Å². The molecule has 0 aromatic heterocycles. The van der Waals surface area contributed by atoms with Gasteiger partial charge in [0.15, 0.2) is 0 Å². The van der Waals surface area contributed by atoms with E-state index in [1.165, 1.54) is 0 Å². The lowest BCUT2D eigenvalue weighted by atomic mass is 10.4. The third kappa shape index (κ3) is 3.43. The Kier molecular flexibility index (Phi) is 5.86. The van der Waals surface area contributed by atoms with Crippen LogP contribution in [0.1, 0.15) is 6.92 Å². The molecule has 1 atom stereocenters. The molecule has 8 heavy (non-hydrogen) atoms. The highest BCUT2D eigenvalue weighted by Gasteiger charge is 1.96. The van der Waals surface area contributed by atoms with E-state index in [-0.39, 0.29) is 6.10 Å². The van der Waals surface area contributed by atoms with Gasteiger partial charge in [-0.3, -0.25) is 0 Å². The Bertz CT molecular complexity index is 63.5. The van der Waals surface area contributed by atoms with Gasteiger partial charge in [-0.2, -0.15) is 0 Å². The Balaban J connectivity index is 3.21. The quantitative estimate of drug-likeness (QED) is 0.404. The molecule has 0 amide bonds. The van der Waals surface area contributed by atoms with Crippen molar-refractivity contribution in [2.45, 2.75) is 13.0 Å². The minimum Gasteiger partial charge on any atom is -0.374 e. The van der Waals surface area contributed by atoms with E-state index >= 15 is 0 Å². The molecule has 0 aliphatic rings. The average molecular weight is 226 g/mol. The molecule has 0 fully saturated rings. The molecular formula is C6H11IO. The molecule has 0 N–H and O–H groups in total. The van der Waals surface area contributed by atoms with E-state index in [9.17, 15) is 0 Å². The van der Waals surface area contributed by atoms with E-state index in [4.69, 9.17) is 4.74 Å². The van der Waals surface area contributed by atoms with Gasteiger partial charge in [0.05, 0.1) is 6.10 Å². The predicted molar refractivity (Wildman–Crippen MR) is 44.5 cm³/mol. The van der Waals surface area contributed by atoms with Gasteiger partial charge in [0.25, 0.3) is 0 Å². The Morgan fingerprint density at radius 3 is 2.62 bits per heavy atom. The average Bonchev–Trinajstić information content (AvgIpc) is 1.83. The highest BCUT2D eigenvalue weighted by molar-refractivity contribution is 14.1. The first-order valence-corrected chi connectivity index (χ1v) is 4.17. The number of hydrogen-bond acceptors (Lipinski definition) is 1. The molecule has 0 saturated carbocycles.